The molecule has 0 spiro atoms. The van der Waals surface area contributed by atoms with E-state index >= 15 is 0 Å². The SMILES string of the molecule is O=C(Nc1cccc(N2CCC(N3CCC([C@H](O)c4cccs4)CC3)CC2)c1)c1cccnc1. The zero-order valence-electron chi connectivity index (χ0n) is 19.3. The van der Waals surface area contributed by atoms with Gasteiger partial charge in [0.2, 0.25) is 0 Å². The van der Waals surface area contributed by atoms with Crippen LogP contribution in [0.15, 0.2) is 66.3 Å². The molecule has 34 heavy (non-hydrogen) atoms. The molecule has 2 aromatic heterocycles. The summed E-state index contributed by atoms with van der Waals surface area (Å²) in [6.45, 7) is 4.19. The molecule has 1 aromatic carbocycles. The minimum Gasteiger partial charge on any atom is -0.387 e. The highest BCUT2D eigenvalue weighted by atomic mass is 32.1. The van der Waals surface area contributed by atoms with Crippen molar-refractivity contribution in [2.45, 2.75) is 37.8 Å². The maximum absolute atomic E-state index is 12.5. The topological polar surface area (TPSA) is 68.7 Å². The lowest BCUT2D eigenvalue weighted by molar-refractivity contribution is 0.0422. The number of hydrogen-bond acceptors (Lipinski definition) is 6. The zero-order valence-corrected chi connectivity index (χ0v) is 20.2. The molecule has 0 saturated carbocycles. The number of pyridine rings is 1. The number of anilines is 2. The Morgan fingerprint density at radius 1 is 1.03 bits per heavy atom. The molecule has 2 saturated heterocycles. The first-order chi connectivity index (χ1) is 16.7. The second-order valence-corrected chi connectivity index (χ2v) is 10.3. The van der Waals surface area contributed by atoms with Gasteiger partial charge in [-0.3, -0.25) is 9.78 Å². The summed E-state index contributed by atoms with van der Waals surface area (Å²) in [6.07, 6.45) is 7.35. The van der Waals surface area contributed by atoms with Gasteiger partial charge in [-0.25, -0.2) is 0 Å². The number of carbonyl (C=O) groups excluding carboxylic acids is 1. The maximum atomic E-state index is 12.5. The normalized spacial score (nSPS) is 19.1. The van der Waals surface area contributed by atoms with Crippen molar-refractivity contribution in [3.63, 3.8) is 0 Å². The molecule has 3 aromatic rings. The predicted molar refractivity (Wildman–Crippen MR) is 137 cm³/mol. The van der Waals surface area contributed by atoms with Crippen LogP contribution >= 0.6 is 11.3 Å². The third-order valence-corrected chi connectivity index (χ3v) is 8.17. The highest BCUT2D eigenvalue weighted by Gasteiger charge is 2.31. The van der Waals surface area contributed by atoms with Crippen molar-refractivity contribution in [2.75, 3.05) is 36.4 Å². The van der Waals surface area contributed by atoms with E-state index in [-0.39, 0.29) is 12.0 Å². The predicted octanol–water partition coefficient (Wildman–Crippen LogP) is 4.81. The van der Waals surface area contributed by atoms with Crippen LogP contribution in [0, 0.1) is 5.92 Å². The van der Waals surface area contributed by atoms with Crippen LogP contribution in [0.5, 0.6) is 0 Å². The van der Waals surface area contributed by atoms with Crippen LogP contribution in [0.3, 0.4) is 0 Å². The molecule has 5 rings (SSSR count). The maximum Gasteiger partial charge on any atom is 0.257 e. The number of piperidine rings is 2. The highest BCUT2D eigenvalue weighted by molar-refractivity contribution is 7.10. The zero-order chi connectivity index (χ0) is 23.3. The summed E-state index contributed by atoms with van der Waals surface area (Å²) >= 11 is 1.66. The van der Waals surface area contributed by atoms with Gasteiger partial charge in [-0.15, -0.1) is 11.3 Å². The molecule has 2 N–H and O–H groups in total. The lowest BCUT2D eigenvalue weighted by Crippen LogP contribution is -2.48. The van der Waals surface area contributed by atoms with Crippen molar-refractivity contribution in [1.82, 2.24) is 9.88 Å². The number of carbonyl (C=O) groups is 1. The number of nitrogens with zero attached hydrogens (tertiary/aromatic N) is 3. The average Bonchev–Trinajstić information content (AvgIpc) is 3.44. The first kappa shape index (κ1) is 23.0. The van der Waals surface area contributed by atoms with Gasteiger partial charge in [0.15, 0.2) is 0 Å². The molecule has 1 amide bonds. The number of thiophene rings is 1. The van der Waals surface area contributed by atoms with Gasteiger partial charge in [0, 0.05) is 47.8 Å². The second kappa shape index (κ2) is 10.7. The van der Waals surface area contributed by atoms with Crippen molar-refractivity contribution in [3.8, 4) is 0 Å². The molecular formula is C27H32N4O2S. The molecule has 0 bridgehead atoms. The fourth-order valence-corrected chi connectivity index (χ4v) is 6.07. The van der Waals surface area contributed by atoms with Gasteiger partial charge in [0.25, 0.3) is 5.91 Å². The first-order valence-electron chi connectivity index (χ1n) is 12.2. The van der Waals surface area contributed by atoms with Gasteiger partial charge < -0.3 is 20.2 Å². The second-order valence-electron chi connectivity index (χ2n) is 9.30. The van der Waals surface area contributed by atoms with Crippen LogP contribution in [0.1, 0.15) is 47.0 Å². The molecule has 0 aliphatic carbocycles. The first-order valence-corrected chi connectivity index (χ1v) is 13.1. The summed E-state index contributed by atoms with van der Waals surface area (Å²) in [5, 5.41) is 15.7. The average molecular weight is 477 g/mol. The van der Waals surface area contributed by atoms with E-state index in [0.29, 0.717) is 17.5 Å². The van der Waals surface area contributed by atoms with E-state index in [2.05, 4.69) is 38.3 Å². The Morgan fingerprint density at radius 2 is 1.85 bits per heavy atom. The lowest BCUT2D eigenvalue weighted by atomic mass is 9.88. The van der Waals surface area contributed by atoms with Crippen LogP contribution in [0.25, 0.3) is 0 Å². The summed E-state index contributed by atoms with van der Waals surface area (Å²) in [5.41, 5.74) is 2.51. The van der Waals surface area contributed by atoms with Crippen molar-refractivity contribution >= 4 is 28.6 Å². The van der Waals surface area contributed by atoms with Gasteiger partial charge in [-0.1, -0.05) is 12.1 Å². The largest absolute Gasteiger partial charge is 0.387 e. The number of aromatic nitrogens is 1. The summed E-state index contributed by atoms with van der Waals surface area (Å²) in [6, 6.07) is 16.3. The Hall–Kier alpha value is -2.74. The Morgan fingerprint density at radius 3 is 2.56 bits per heavy atom. The molecule has 2 aliphatic heterocycles. The number of likely N-dealkylation sites (tertiary alicyclic amines) is 1. The van der Waals surface area contributed by atoms with Crippen molar-refractivity contribution in [3.05, 3.63) is 76.7 Å². The van der Waals surface area contributed by atoms with E-state index in [0.717, 1.165) is 68.1 Å². The van der Waals surface area contributed by atoms with E-state index in [1.54, 1.807) is 35.9 Å². The molecule has 2 fully saturated rings. The van der Waals surface area contributed by atoms with Crippen LogP contribution in [0.4, 0.5) is 11.4 Å². The smallest absolute Gasteiger partial charge is 0.257 e. The summed E-state index contributed by atoms with van der Waals surface area (Å²) in [7, 11) is 0. The van der Waals surface area contributed by atoms with Gasteiger partial charge in [-0.05, 0) is 86.5 Å². The Bertz CT molecular complexity index is 1060. The van der Waals surface area contributed by atoms with Crippen molar-refractivity contribution in [2.24, 2.45) is 5.92 Å². The van der Waals surface area contributed by atoms with Gasteiger partial charge in [-0.2, -0.15) is 0 Å². The minimum absolute atomic E-state index is 0.142. The third-order valence-electron chi connectivity index (χ3n) is 7.23. The number of aliphatic hydroxyl groups excluding tert-OH is 1. The monoisotopic (exact) mass is 476 g/mol. The van der Waals surface area contributed by atoms with E-state index in [9.17, 15) is 9.90 Å². The summed E-state index contributed by atoms with van der Waals surface area (Å²) < 4.78 is 0. The number of hydrogen-bond donors (Lipinski definition) is 2. The van der Waals surface area contributed by atoms with Crippen molar-refractivity contribution < 1.29 is 9.90 Å². The Balaban J connectivity index is 1.12. The van der Waals surface area contributed by atoms with Crippen LogP contribution < -0.4 is 10.2 Å². The Labute approximate surface area is 205 Å². The summed E-state index contributed by atoms with van der Waals surface area (Å²) in [5.74, 6) is 0.233. The fourth-order valence-electron chi connectivity index (χ4n) is 5.26. The standard InChI is InChI=1S/C27H32N4O2S/c32-26(25-7-3-17-34-25)20-8-13-30(14-9-20)23-10-15-31(16-11-23)24-6-1-5-22(18-24)29-27(33)21-4-2-12-28-19-21/h1-7,12,17-20,23,26,32H,8-11,13-16H2,(H,29,33)/t26-/m0/s1. The molecule has 2 aliphatic rings. The third kappa shape index (κ3) is 5.32. The molecule has 0 unspecified atom stereocenters. The van der Waals surface area contributed by atoms with Gasteiger partial charge in [0.1, 0.15) is 0 Å². The number of nitrogens with one attached hydrogen (secondary N) is 1. The molecule has 178 valence electrons. The fraction of sp³-hybridized carbons (Fsp3) is 0.407. The van der Waals surface area contributed by atoms with E-state index in [1.807, 2.05) is 23.6 Å². The van der Waals surface area contributed by atoms with E-state index in [1.165, 1.54) is 0 Å². The van der Waals surface area contributed by atoms with E-state index in [4.69, 9.17) is 0 Å². The van der Waals surface area contributed by atoms with Crippen LogP contribution in [-0.2, 0) is 0 Å². The Kier molecular flexibility index (Phi) is 7.23. The molecule has 7 heteroatoms. The van der Waals surface area contributed by atoms with Crippen molar-refractivity contribution in [1.29, 1.82) is 0 Å². The van der Waals surface area contributed by atoms with Gasteiger partial charge >= 0.3 is 0 Å². The molecule has 4 heterocycles. The molecule has 1 atom stereocenters. The lowest BCUT2D eigenvalue weighted by Gasteiger charge is -2.43. The number of aliphatic hydroxyl groups is 1. The number of benzene rings is 1. The molecule has 6 nitrogen and oxygen atoms in total. The molecular weight excluding hydrogens is 444 g/mol. The van der Waals surface area contributed by atoms with Crippen LogP contribution in [0.2, 0.25) is 0 Å². The summed E-state index contributed by atoms with van der Waals surface area (Å²) in [4.78, 5) is 22.7. The quantitative estimate of drug-likeness (QED) is 0.534. The van der Waals surface area contributed by atoms with Crippen LogP contribution in [-0.4, -0.2) is 53.1 Å². The number of amides is 1. The number of rotatable bonds is 6. The van der Waals surface area contributed by atoms with Gasteiger partial charge in [0.05, 0.1) is 11.7 Å². The highest BCUT2D eigenvalue weighted by Crippen LogP contribution is 2.34. The van der Waals surface area contributed by atoms with E-state index < -0.39 is 0 Å². The molecule has 0 radical (unpaired) electrons. The minimum atomic E-state index is -0.310.